The summed E-state index contributed by atoms with van der Waals surface area (Å²) in [5.41, 5.74) is 8.72. The topological polar surface area (TPSA) is 43.8 Å². The lowest BCUT2D eigenvalue weighted by atomic mass is 9.66. The Morgan fingerprint density at radius 2 is 2.19 bits per heavy atom. The van der Waals surface area contributed by atoms with Gasteiger partial charge in [0, 0.05) is 7.05 Å². The van der Waals surface area contributed by atoms with Gasteiger partial charge in [0.25, 0.3) is 0 Å². The van der Waals surface area contributed by atoms with Gasteiger partial charge in [0.15, 0.2) is 0 Å². The molecule has 1 aliphatic rings. The van der Waals surface area contributed by atoms with Gasteiger partial charge in [-0.1, -0.05) is 13.3 Å². The molecule has 0 aliphatic heterocycles. The summed E-state index contributed by atoms with van der Waals surface area (Å²) in [6.45, 7) is 2.94. The minimum absolute atomic E-state index is 0.349. The minimum atomic E-state index is 0.349. The maximum absolute atomic E-state index is 5.91. The molecule has 1 fully saturated rings. The van der Waals surface area contributed by atoms with Crippen molar-refractivity contribution in [2.24, 2.45) is 18.2 Å². The Balaban J connectivity index is 2.23. The van der Waals surface area contributed by atoms with Gasteiger partial charge in [-0.3, -0.25) is 4.68 Å². The van der Waals surface area contributed by atoms with Gasteiger partial charge in [-0.05, 0) is 53.6 Å². The second kappa shape index (κ2) is 4.49. The van der Waals surface area contributed by atoms with Crippen molar-refractivity contribution in [3.63, 3.8) is 0 Å². The van der Waals surface area contributed by atoms with Gasteiger partial charge in [-0.15, -0.1) is 0 Å². The van der Waals surface area contributed by atoms with Gasteiger partial charge in [0.05, 0.1) is 15.9 Å². The third-order valence-electron chi connectivity index (χ3n) is 3.89. The van der Waals surface area contributed by atoms with Gasteiger partial charge in [0.1, 0.15) is 0 Å². The maximum atomic E-state index is 5.91. The van der Waals surface area contributed by atoms with Crippen LogP contribution < -0.4 is 5.73 Å². The number of hydrogen-bond donors (Lipinski definition) is 1. The first kappa shape index (κ1) is 12.1. The highest BCUT2D eigenvalue weighted by molar-refractivity contribution is 9.10. The van der Waals surface area contributed by atoms with Crippen molar-refractivity contribution in [2.75, 3.05) is 6.54 Å². The molecule has 0 atom stereocenters. The highest BCUT2D eigenvalue weighted by Gasteiger charge is 2.37. The lowest BCUT2D eigenvalue weighted by Gasteiger charge is -2.41. The Labute approximate surface area is 106 Å². The van der Waals surface area contributed by atoms with Crippen molar-refractivity contribution >= 4 is 15.9 Å². The second-order valence-electron chi connectivity index (χ2n) is 4.92. The highest BCUT2D eigenvalue weighted by atomic mass is 79.9. The Bertz CT molecular complexity index is 374. The molecule has 4 heteroatoms. The minimum Gasteiger partial charge on any atom is -0.330 e. The molecule has 0 unspecified atom stereocenters. The molecule has 1 aromatic heterocycles. The van der Waals surface area contributed by atoms with Crippen LogP contribution in [-0.4, -0.2) is 16.3 Å². The predicted octanol–water partition coefficient (Wildman–Crippen LogP) is 2.42. The molecule has 16 heavy (non-hydrogen) atoms. The lowest BCUT2D eigenvalue weighted by molar-refractivity contribution is 0.141. The summed E-state index contributed by atoms with van der Waals surface area (Å²) in [4.78, 5) is 0. The molecular formula is C12H20BrN3. The number of aromatic nitrogens is 2. The molecule has 2 rings (SSSR count). The molecule has 0 aromatic carbocycles. The third-order valence-corrected chi connectivity index (χ3v) is 4.81. The Kier molecular flexibility index (Phi) is 3.40. The Morgan fingerprint density at radius 3 is 2.56 bits per heavy atom. The van der Waals surface area contributed by atoms with E-state index in [4.69, 9.17) is 5.73 Å². The molecule has 90 valence electrons. The number of rotatable bonds is 4. The van der Waals surface area contributed by atoms with E-state index in [1.54, 1.807) is 0 Å². The van der Waals surface area contributed by atoms with Crippen molar-refractivity contribution in [3.8, 4) is 0 Å². The van der Waals surface area contributed by atoms with Crippen LogP contribution in [0, 0.1) is 5.41 Å². The Hall–Kier alpha value is -0.350. The quantitative estimate of drug-likeness (QED) is 0.923. The largest absolute Gasteiger partial charge is 0.330 e. The number of hydrogen-bond acceptors (Lipinski definition) is 2. The van der Waals surface area contributed by atoms with Crippen LogP contribution in [0.3, 0.4) is 0 Å². The molecule has 0 bridgehead atoms. The zero-order chi connectivity index (χ0) is 11.8. The van der Waals surface area contributed by atoms with Crippen molar-refractivity contribution in [1.82, 2.24) is 9.78 Å². The zero-order valence-corrected chi connectivity index (χ0v) is 11.7. The standard InChI is InChI=1S/C12H20BrN3/c1-3-9-11(13)10(16(2)15-9)7-12(8-14)5-4-6-12/h3-8,14H2,1-2H3. The molecule has 0 spiro atoms. The number of aryl methyl sites for hydroxylation is 2. The summed E-state index contributed by atoms with van der Waals surface area (Å²) >= 11 is 3.67. The van der Waals surface area contributed by atoms with Crippen LogP contribution in [0.1, 0.15) is 37.6 Å². The fourth-order valence-corrected chi connectivity index (χ4v) is 3.25. The molecule has 1 heterocycles. The van der Waals surface area contributed by atoms with Gasteiger partial charge < -0.3 is 5.73 Å². The van der Waals surface area contributed by atoms with E-state index in [2.05, 4.69) is 28.0 Å². The van der Waals surface area contributed by atoms with E-state index in [9.17, 15) is 0 Å². The van der Waals surface area contributed by atoms with Crippen molar-refractivity contribution in [2.45, 2.75) is 39.0 Å². The molecule has 0 saturated heterocycles. The van der Waals surface area contributed by atoms with E-state index in [1.807, 2.05) is 11.7 Å². The van der Waals surface area contributed by atoms with Crippen molar-refractivity contribution in [3.05, 3.63) is 15.9 Å². The number of nitrogens with zero attached hydrogens (tertiary/aromatic N) is 2. The van der Waals surface area contributed by atoms with E-state index in [0.717, 1.165) is 25.1 Å². The summed E-state index contributed by atoms with van der Waals surface area (Å²) in [5, 5.41) is 4.53. The van der Waals surface area contributed by atoms with E-state index in [-0.39, 0.29) is 0 Å². The van der Waals surface area contributed by atoms with Crippen LogP contribution in [0.4, 0.5) is 0 Å². The monoisotopic (exact) mass is 285 g/mol. The molecule has 2 N–H and O–H groups in total. The molecule has 0 amide bonds. The summed E-state index contributed by atoms with van der Waals surface area (Å²) in [7, 11) is 2.03. The highest BCUT2D eigenvalue weighted by Crippen LogP contribution is 2.43. The molecule has 0 radical (unpaired) electrons. The predicted molar refractivity (Wildman–Crippen MR) is 69.3 cm³/mol. The molecule has 3 nitrogen and oxygen atoms in total. The first-order valence-corrected chi connectivity index (χ1v) is 6.81. The van der Waals surface area contributed by atoms with E-state index < -0.39 is 0 Å². The molecule has 1 aliphatic carbocycles. The van der Waals surface area contributed by atoms with E-state index in [0.29, 0.717) is 5.41 Å². The smallest absolute Gasteiger partial charge is 0.0766 e. The summed E-state index contributed by atoms with van der Waals surface area (Å²) in [5.74, 6) is 0. The fraction of sp³-hybridized carbons (Fsp3) is 0.750. The maximum Gasteiger partial charge on any atom is 0.0766 e. The van der Waals surface area contributed by atoms with Crippen LogP contribution in [0.5, 0.6) is 0 Å². The molecule has 1 saturated carbocycles. The lowest BCUT2D eigenvalue weighted by Crippen LogP contribution is -2.39. The van der Waals surface area contributed by atoms with Crippen LogP contribution in [0.15, 0.2) is 4.47 Å². The van der Waals surface area contributed by atoms with Crippen molar-refractivity contribution < 1.29 is 0 Å². The van der Waals surface area contributed by atoms with Crippen LogP contribution in [0.25, 0.3) is 0 Å². The van der Waals surface area contributed by atoms with Crippen LogP contribution >= 0.6 is 15.9 Å². The first-order valence-electron chi connectivity index (χ1n) is 6.02. The van der Waals surface area contributed by atoms with E-state index >= 15 is 0 Å². The van der Waals surface area contributed by atoms with Gasteiger partial charge in [0.2, 0.25) is 0 Å². The van der Waals surface area contributed by atoms with Gasteiger partial charge in [-0.25, -0.2) is 0 Å². The van der Waals surface area contributed by atoms with Crippen LogP contribution in [-0.2, 0) is 19.9 Å². The average Bonchev–Trinajstić information content (AvgIpc) is 2.49. The second-order valence-corrected chi connectivity index (χ2v) is 5.71. The fourth-order valence-electron chi connectivity index (χ4n) is 2.50. The third kappa shape index (κ3) is 1.93. The molecular weight excluding hydrogens is 266 g/mol. The molecule has 1 aromatic rings. The first-order chi connectivity index (χ1) is 7.62. The number of halogens is 1. The van der Waals surface area contributed by atoms with Gasteiger partial charge in [-0.2, -0.15) is 5.10 Å². The summed E-state index contributed by atoms with van der Waals surface area (Å²) < 4.78 is 3.20. The Morgan fingerprint density at radius 1 is 1.50 bits per heavy atom. The summed E-state index contributed by atoms with van der Waals surface area (Å²) in [6, 6.07) is 0. The SMILES string of the molecule is CCc1nn(C)c(CC2(CN)CCC2)c1Br. The average molecular weight is 286 g/mol. The normalized spacial score (nSPS) is 18.5. The zero-order valence-electron chi connectivity index (χ0n) is 10.1. The van der Waals surface area contributed by atoms with E-state index in [1.165, 1.54) is 29.4 Å². The van der Waals surface area contributed by atoms with Gasteiger partial charge >= 0.3 is 0 Å². The number of nitrogens with two attached hydrogens (primary N) is 1. The van der Waals surface area contributed by atoms with Crippen LogP contribution in [0.2, 0.25) is 0 Å². The van der Waals surface area contributed by atoms with Crippen molar-refractivity contribution in [1.29, 1.82) is 0 Å². The summed E-state index contributed by atoms with van der Waals surface area (Å²) in [6.07, 6.45) is 5.90.